The number of hydrogen-bond acceptors (Lipinski definition) is 3. The second-order valence-corrected chi connectivity index (χ2v) is 5.62. The highest BCUT2D eigenvalue weighted by Gasteiger charge is 2.10. The van der Waals surface area contributed by atoms with Crippen molar-refractivity contribution in [2.75, 3.05) is 5.75 Å². The van der Waals surface area contributed by atoms with E-state index in [0.29, 0.717) is 5.75 Å². The summed E-state index contributed by atoms with van der Waals surface area (Å²) in [5, 5.41) is 2.96. The molecule has 104 valence electrons. The molecule has 1 aromatic heterocycles. The Balaban J connectivity index is 1.86. The average Bonchev–Trinajstić information content (AvgIpc) is 2.47. The van der Waals surface area contributed by atoms with Crippen LogP contribution in [-0.4, -0.2) is 16.6 Å². The van der Waals surface area contributed by atoms with Crippen LogP contribution in [0, 0.1) is 6.92 Å². The molecule has 0 aliphatic heterocycles. The lowest BCUT2D eigenvalue weighted by atomic mass is 10.2. The zero-order valence-corrected chi connectivity index (χ0v) is 12.5. The first kappa shape index (κ1) is 14.6. The number of thioether (sulfide) groups is 1. The third-order valence-electron chi connectivity index (χ3n) is 2.96. The number of pyridine rings is 1. The van der Waals surface area contributed by atoms with Crippen molar-refractivity contribution in [2.24, 2.45) is 0 Å². The molecule has 0 bridgehead atoms. The number of nitrogens with one attached hydrogen (secondary N) is 1. The SMILES string of the molecule is Cc1ccccc1SCC(=O)N[C@@H](C)c1ccccn1. The molecule has 0 unspecified atom stereocenters. The Kier molecular flexibility index (Phi) is 5.18. The van der Waals surface area contributed by atoms with Gasteiger partial charge in [-0.1, -0.05) is 24.3 Å². The molecule has 20 heavy (non-hydrogen) atoms. The van der Waals surface area contributed by atoms with E-state index >= 15 is 0 Å². The predicted molar refractivity (Wildman–Crippen MR) is 82.7 cm³/mol. The van der Waals surface area contributed by atoms with Crippen molar-refractivity contribution < 1.29 is 4.79 Å². The van der Waals surface area contributed by atoms with Crippen LogP contribution < -0.4 is 5.32 Å². The maximum absolute atomic E-state index is 12.0. The fraction of sp³-hybridized carbons (Fsp3) is 0.250. The highest BCUT2D eigenvalue weighted by Crippen LogP contribution is 2.21. The topological polar surface area (TPSA) is 42.0 Å². The molecule has 1 N–H and O–H groups in total. The third-order valence-corrected chi connectivity index (χ3v) is 4.14. The Hall–Kier alpha value is -1.81. The van der Waals surface area contributed by atoms with Crippen LogP contribution in [0.4, 0.5) is 0 Å². The van der Waals surface area contributed by atoms with Gasteiger partial charge in [-0.3, -0.25) is 9.78 Å². The summed E-state index contributed by atoms with van der Waals surface area (Å²) in [6, 6.07) is 13.7. The van der Waals surface area contributed by atoms with Gasteiger partial charge in [-0.2, -0.15) is 0 Å². The number of nitrogens with zero attached hydrogens (tertiary/aromatic N) is 1. The number of carbonyl (C=O) groups is 1. The van der Waals surface area contributed by atoms with Crippen LogP contribution in [0.5, 0.6) is 0 Å². The highest BCUT2D eigenvalue weighted by molar-refractivity contribution is 8.00. The van der Waals surface area contributed by atoms with Crippen LogP contribution in [-0.2, 0) is 4.79 Å². The van der Waals surface area contributed by atoms with Crippen molar-refractivity contribution >= 4 is 17.7 Å². The maximum atomic E-state index is 12.0. The van der Waals surface area contributed by atoms with E-state index < -0.39 is 0 Å². The van der Waals surface area contributed by atoms with Crippen LogP contribution in [0.2, 0.25) is 0 Å². The molecule has 2 aromatic rings. The van der Waals surface area contributed by atoms with Gasteiger partial charge < -0.3 is 5.32 Å². The van der Waals surface area contributed by atoms with Crippen LogP contribution in [0.15, 0.2) is 53.6 Å². The van der Waals surface area contributed by atoms with Gasteiger partial charge in [0, 0.05) is 11.1 Å². The number of amides is 1. The van der Waals surface area contributed by atoms with Gasteiger partial charge in [0.05, 0.1) is 17.5 Å². The molecule has 1 heterocycles. The van der Waals surface area contributed by atoms with E-state index in [1.807, 2.05) is 43.3 Å². The van der Waals surface area contributed by atoms with Gasteiger partial charge in [0.25, 0.3) is 0 Å². The second kappa shape index (κ2) is 7.10. The minimum absolute atomic E-state index is 0.0245. The molecule has 2 rings (SSSR count). The van der Waals surface area contributed by atoms with E-state index in [0.717, 1.165) is 10.6 Å². The molecule has 0 saturated carbocycles. The largest absolute Gasteiger partial charge is 0.347 e. The molecule has 4 heteroatoms. The lowest BCUT2D eigenvalue weighted by Crippen LogP contribution is -2.28. The van der Waals surface area contributed by atoms with E-state index in [9.17, 15) is 4.79 Å². The molecular weight excluding hydrogens is 268 g/mol. The lowest BCUT2D eigenvalue weighted by Gasteiger charge is -2.13. The minimum atomic E-state index is -0.0684. The normalized spacial score (nSPS) is 11.9. The standard InChI is InChI=1S/C16H18N2OS/c1-12-7-3-4-9-15(12)20-11-16(19)18-13(2)14-8-5-6-10-17-14/h3-10,13H,11H2,1-2H3,(H,18,19)/t13-/m0/s1. The average molecular weight is 286 g/mol. The Bertz CT molecular complexity index is 572. The van der Waals surface area contributed by atoms with Gasteiger partial charge >= 0.3 is 0 Å². The zero-order chi connectivity index (χ0) is 14.4. The van der Waals surface area contributed by atoms with Crippen molar-refractivity contribution in [2.45, 2.75) is 24.8 Å². The molecule has 1 amide bonds. The Morgan fingerprint density at radius 2 is 2.00 bits per heavy atom. The highest BCUT2D eigenvalue weighted by atomic mass is 32.2. The molecule has 1 aromatic carbocycles. The van der Waals surface area contributed by atoms with E-state index in [2.05, 4.69) is 23.3 Å². The summed E-state index contributed by atoms with van der Waals surface area (Å²) in [6.07, 6.45) is 1.74. The predicted octanol–water partition coefficient (Wildman–Crippen LogP) is 3.36. The number of aromatic nitrogens is 1. The molecule has 0 fully saturated rings. The van der Waals surface area contributed by atoms with Gasteiger partial charge in [0.15, 0.2) is 0 Å². The van der Waals surface area contributed by atoms with Gasteiger partial charge in [-0.25, -0.2) is 0 Å². The van der Waals surface area contributed by atoms with Gasteiger partial charge in [0.1, 0.15) is 0 Å². The monoisotopic (exact) mass is 286 g/mol. The molecule has 1 atom stereocenters. The Morgan fingerprint density at radius 3 is 2.70 bits per heavy atom. The zero-order valence-electron chi connectivity index (χ0n) is 11.7. The van der Waals surface area contributed by atoms with Crippen molar-refractivity contribution in [1.29, 1.82) is 0 Å². The van der Waals surface area contributed by atoms with Crippen molar-refractivity contribution in [3.63, 3.8) is 0 Å². The summed E-state index contributed by atoms with van der Waals surface area (Å²) in [5.41, 5.74) is 2.07. The van der Waals surface area contributed by atoms with Crippen LogP contribution in [0.1, 0.15) is 24.2 Å². The third kappa shape index (κ3) is 4.10. The first-order chi connectivity index (χ1) is 9.66. The Morgan fingerprint density at radius 1 is 1.25 bits per heavy atom. The maximum Gasteiger partial charge on any atom is 0.230 e. The van der Waals surface area contributed by atoms with Gasteiger partial charge in [0.2, 0.25) is 5.91 Å². The number of carbonyl (C=O) groups excluding carboxylic acids is 1. The second-order valence-electron chi connectivity index (χ2n) is 4.60. The summed E-state index contributed by atoms with van der Waals surface area (Å²) in [6.45, 7) is 4.00. The lowest BCUT2D eigenvalue weighted by molar-refractivity contribution is -0.119. The first-order valence-corrected chi connectivity index (χ1v) is 7.54. The fourth-order valence-electron chi connectivity index (χ4n) is 1.85. The smallest absolute Gasteiger partial charge is 0.230 e. The number of benzene rings is 1. The summed E-state index contributed by atoms with van der Waals surface area (Å²) in [4.78, 5) is 17.3. The first-order valence-electron chi connectivity index (χ1n) is 6.55. The molecular formula is C16H18N2OS. The molecule has 3 nitrogen and oxygen atoms in total. The summed E-state index contributed by atoms with van der Waals surface area (Å²) < 4.78 is 0. The number of hydrogen-bond donors (Lipinski definition) is 1. The van der Waals surface area contributed by atoms with Crippen molar-refractivity contribution in [3.8, 4) is 0 Å². The number of rotatable bonds is 5. The summed E-state index contributed by atoms with van der Waals surface area (Å²) in [5.74, 6) is 0.443. The van der Waals surface area contributed by atoms with Crippen molar-refractivity contribution in [1.82, 2.24) is 10.3 Å². The molecule has 0 spiro atoms. The van der Waals surface area contributed by atoms with Crippen molar-refractivity contribution in [3.05, 3.63) is 59.9 Å². The Labute approximate surface area is 123 Å². The van der Waals surface area contributed by atoms with E-state index in [1.54, 1.807) is 18.0 Å². The van der Waals surface area contributed by atoms with Gasteiger partial charge in [-0.15, -0.1) is 11.8 Å². The van der Waals surface area contributed by atoms with E-state index in [1.165, 1.54) is 5.56 Å². The summed E-state index contributed by atoms with van der Waals surface area (Å²) >= 11 is 1.56. The van der Waals surface area contributed by atoms with E-state index in [-0.39, 0.29) is 11.9 Å². The van der Waals surface area contributed by atoms with Gasteiger partial charge in [-0.05, 0) is 37.6 Å². The fourth-order valence-corrected chi connectivity index (χ4v) is 2.69. The van der Waals surface area contributed by atoms with E-state index in [4.69, 9.17) is 0 Å². The molecule has 0 aliphatic rings. The molecule has 0 saturated heterocycles. The quantitative estimate of drug-likeness (QED) is 0.857. The van der Waals surface area contributed by atoms with Crippen LogP contribution >= 0.6 is 11.8 Å². The number of aryl methyl sites for hydroxylation is 1. The summed E-state index contributed by atoms with van der Waals surface area (Å²) in [7, 11) is 0. The molecule has 0 aliphatic carbocycles. The minimum Gasteiger partial charge on any atom is -0.347 e. The van der Waals surface area contributed by atoms with Crippen LogP contribution in [0.25, 0.3) is 0 Å². The van der Waals surface area contributed by atoms with Crippen LogP contribution in [0.3, 0.4) is 0 Å². The molecule has 0 radical (unpaired) electrons.